The maximum Gasteiger partial charge on any atom is 0.196 e. The summed E-state index contributed by atoms with van der Waals surface area (Å²) >= 11 is 6.07. The Labute approximate surface area is 125 Å². The third-order valence-electron chi connectivity index (χ3n) is 2.95. The number of aromatic nitrogens is 1. The van der Waals surface area contributed by atoms with Gasteiger partial charge in [0.2, 0.25) is 0 Å². The first-order valence-electron chi connectivity index (χ1n) is 6.97. The van der Waals surface area contributed by atoms with Crippen molar-refractivity contribution in [3.8, 4) is 11.3 Å². The average Bonchev–Trinajstić information content (AvgIpc) is 2.82. The fourth-order valence-corrected chi connectivity index (χ4v) is 2.31. The predicted molar refractivity (Wildman–Crippen MR) is 83.1 cm³/mol. The van der Waals surface area contributed by atoms with E-state index in [9.17, 15) is 0 Å². The van der Waals surface area contributed by atoms with E-state index in [1.165, 1.54) is 0 Å². The van der Waals surface area contributed by atoms with Crippen LogP contribution in [0.4, 0.5) is 0 Å². The second-order valence-electron chi connectivity index (χ2n) is 5.48. The van der Waals surface area contributed by atoms with Gasteiger partial charge in [-0.25, -0.2) is 4.98 Å². The summed E-state index contributed by atoms with van der Waals surface area (Å²) in [7, 11) is 0. The van der Waals surface area contributed by atoms with Gasteiger partial charge in [-0.3, -0.25) is 0 Å². The van der Waals surface area contributed by atoms with E-state index in [2.05, 4.69) is 24.1 Å². The first-order valence-corrected chi connectivity index (χ1v) is 7.35. The molecule has 0 aliphatic carbocycles. The number of halogens is 1. The van der Waals surface area contributed by atoms with Crippen molar-refractivity contribution in [1.82, 2.24) is 10.3 Å². The van der Waals surface area contributed by atoms with Gasteiger partial charge >= 0.3 is 0 Å². The highest BCUT2D eigenvalue weighted by Crippen LogP contribution is 2.25. The number of hydrogen-bond acceptors (Lipinski definition) is 3. The fraction of sp³-hybridized carbons (Fsp3) is 0.438. The summed E-state index contributed by atoms with van der Waals surface area (Å²) < 4.78 is 5.78. The Morgan fingerprint density at radius 3 is 2.80 bits per heavy atom. The van der Waals surface area contributed by atoms with Crippen LogP contribution in [0.5, 0.6) is 0 Å². The Hall–Kier alpha value is -1.32. The minimum Gasteiger partial charge on any atom is -0.441 e. The lowest BCUT2D eigenvalue weighted by atomic mass is 10.1. The van der Waals surface area contributed by atoms with Crippen LogP contribution in [0.1, 0.15) is 25.3 Å². The normalized spacial score (nSPS) is 11.2. The molecule has 1 N–H and O–H groups in total. The van der Waals surface area contributed by atoms with E-state index in [0.717, 1.165) is 47.3 Å². The van der Waals surface area contributed by atoms with Crippen LogP contribution in [-0.2, 0) is 6.42 Å². The molecule has 0 spiro atoms. The van der Waals surface area contributed by atoms with Crippen LogP contribution in [0, 0.1) is 12.8 Å². The molecule has 20 heavy (non-hydrogen) atoms. The molecule has 2 aromatic rings. The third-order valence-corrected chi connectivity index (χ3v) is 3.17. The molecule has 0 radical (unpaired) electrons. The third kappa shape index (κ3) is 4.36. The second kappa shape index (κ2) is 6.91. The van der Waals surface area contributed by atoms with E-state index < -0.39 is 0 Å². The molecular weight excluding hydrogens is 272 g/mol. The number of nitrogens with one attached hydrogen (secondary N) is 1. The molecule has 1 aromatic heterocycles. The quantitative estimate of drug-likeness (QED) is 0.815. The van der Waals surface area contributed by atoms with Crippen LogP contribution in [0.2, 0.25) is 5.02 Å². The zero-order valence-electron chi connectivity index (χ0n) is 12.2. The van der Waals surface area contributed by atoms with Gasteiger partial charge in [0.15, 0.2) is 11.7 Å². The molecule has 1 aromatic carbocycles. The van der Waals surface area contributed by atoms with Crippen LogP contribution >= 0.6 is 11.6 Å². The van der Waals surface area contributed by atoms with Crippen LogP contribution in [0.15, 0.2) is 28.8 Å². The second-order valence-corrected chi connectivity index (χ2v) is 5.92. The summed E-state index contributed by atoms with van der Waals surface area (Å²) in [5, 5.41) is 4.10. The largest absolute Gasteiger partial charge is 0.441 e. The van der Waals surface area contributed by atoms with Gasteiger partial charge in [0.05, 0.1) is 6.20 Å². The molecule has 0 amide bonds. The highest BCUT2D eigenvalue weighted by molar-refractivity contribution is 6.30. The first-order chi connectivity index (χ1) is 9.54. The van der Waals surface area contributed by atoms with E-state index in [0.29, 0.717) is 5.92 Å². The molecule has 0 atom stereocenters. The summed E-state index contributed by atoms with van der Waals surface area (Å²) in [5.74, 6) is 2.19. The first kappa shape index (κ1) is 15.1. The highest BCUT2D eigenvalue weighted by atomic mass is 35.5. The van der Waals surface area contributed by atoms with Gasteiger partial charge in [-0.15, -0.1) is 0 Å². The highest BCUT2D eigenvalue weighted by Gasteiger charge is 2.07. The van der Waals surface area contributed by atoms with Crippen molar-refractivity contribution >= 4 is 11.6 Å². The molecule has 0 fully saturated rings. The van der Waals surface area contributed by atoms with E-state index in [-0.39, 0.29) is 0 Å². The van der Waals surface area contributed by atoms with E-state index in [1.54, 1.807) is 6.20 Å². The van der Waals surface area contributed by atoms with Crippen molar-refractivity contribution < 1.29 is 4.42 Å². The predicted octanol–water partition coefficient (Wildman–Crippen LogP) is 4.09. The SMILES string of the molecule is Cc1cc(Cl)cc(-c2cnc(CCNCC(C)C)o2)c1. The number of benzene rings is 1. The Morgan fingerprint density at radius 1 is 1.30 bits per heavy atom. The Kier molecular flexibility index (Phi) is 5.21. The van der Waals surface area contributed by atoms with Crippen LogP contribution in [0.25, 0.3) is 11.3 Å². The van der Waals surface area contributed by atoms with Crippen molar-refractivity contribution in [2.75, 3.05) is 13.1 Å². The maximum atomic E-state index is 6.07. The van der Waals surface area contributed by atoms with Crippen molar-refractivity contribution in [3.63, 3.8) is 0 Å². The Bertz CT molecular complexity index is 543. The molecule has 0 bridgehead atoms. The molecule has 2 rings (SSSR count). The Balaban J connectivity index is 1.98. The smallest absolute Gasteiger partial charge is 0.196 e. The van der Waals surface area contributed by atoms with Gasteiger partial charge in [0, 0.05) is 23.6 Å². The molecule has 108 valence electrons. The monoisotopic (exact) mass is 292 g/mol. The standard InChI is InChI=1S/C16H21ClN2O/c1-11(2)9-18-5-4-16-19-10-15(20-16)13-6-12(3)7-14(17)8-13/h6-8,10-11,18H,4-5,9H2,1-3H3. The molecule has 4 heteroatoms. The molecular formula is C16H21ClN2O. The topological polar surface area (TPSA) is 38.1 Å². The van der Waals surface area contributed by atoms with Gasteiger partial charge in [0.1, 0.15) is 0 Å². The van der Waals surface area contributed by atoms with Crippen LogP contribution < -0.4 is 5.32 Å². The van der Waals surface area contributed by atoms with Crippen molar-refractivity contribution in [1.29, 1.82) is 0 Å². The van der Waals surface area contributed by atoms with Gasteiger partial charge in [-0.05, 0) is 43.1 Å². The van der Waals surface area contributed by atoms with Crippen molar-refractivity contribution in [3.05, 3.63) is 40.9 Å². The van der Waals surface area contributed by atoms with E-state index >= 15 is 0 Å². The van der Waals surface area contributed by atoms with Crippen molar-refractivity contribution in [2.45, 2.75) is 27.2 Å². The lowest BCUT2D eigenvalue weighted by molar-refractivity contribution is 0.483. The maximum absolute atomic E-state index is 6.07. The van der Waals surface area contributed by atoms with Gasteiger partial charge in [-0.1, -0.05) is 25.4 Å². The van der Waals surface area contributed by atoms with E-state index in [1.807, 2.05) is 25.1 Å². The van der Waals surface area contributed by atoms with Crippen LogP contribution in [0.3, 0.4) is 0 Å². The number of rotatable bonds is 6. The number of nitrogens with zero attached hydrogens (tertiary/aromatic N) is 1. The zero-order valence-corrected chi connectivity index (χ0v) is 13.0. The summed E-state index contributed by atoms with van der Waals surface area (Å²) in [4.78, 5) is 4.32. The molecule has 0 saturated heterocycles. The van der Waals surface area contributed by atoms with E-state index in [4.69, 9.17) is 16.0 Å². The molecule has 0 unspecified atom stereocenters. The molecule has 3 nitrogen and oxygen atoms in total. The molecule has 0 aliphatic rings. The van der Waals surface area contributed by atoms with Crippen molar-refractivity contribution in [2.24, 2.45) is 5.92 Å². The number of aryl methyl sites for hydroxylation is 1. The minimum absolute atomic E-state index is 0.657. The van der Waals surface area contributed by atoms with Gasteiger partial charge < -0.3 is 9.73 Å². The summed E-state index contributed by atoms with van der Waals surface area (Å²) in [6, 6.07) is 5.88. The molecule has 0 saturated carbocycles. The lowest BCUT2D eigenvalue weighted by Gasteiger charge is -2.05. The summed E-state index contributed by atoms with van der Waals surface area (Å²) in [6.07, 6.45) is 2.56. The minimum atomic E-state index is 0.657. The van der Waals surface area contributed by atoms with Gasteiger partial charge in [0.25, 0.3) is 0 Å². The molecule has 0 aliphatic heterocycles. The average molecular weight is 293 g/mol. The molecule has 1 heterocycles. The fourth-order valence-electron chi connectivity index (χ4n) is 2.02. The van der Waals surface area contributed by atoms with Gasteiger partial charge in [-0.2, -0.15) is 0 Å². The summed E-state index contributed by atoms with van der Waals surface area (Å²) in [6.45, 7) is 8.30. The summed E-state index contributed by atoms with van der Waals surface area (Å²) in [5.41, 5.74) is 2.09. The Morgan fingerprint density at radius 2 is 2.10 bits per heavy atom. The number of hydrogen-bond donors (Lipinski definition) is 1. The van der Waals surface area contributed by atoms with Crippen LogP contribution in [-0.4, -0.2) is 18.1 Å². The zero-order chi connectivity index (χ0) is 14.5. The lowest BCUT2D eigenvalue weighted by Crippen LogP contribution is -2.22. The number of oxazole rings is 1.